The summed E-state index contributed by atoms with van der Waals surface area (Å²) >= 11 is 7.38. The normalized spacial score (nSPS) is 13.0. The van der Waals surface area contributed by atoms with Gasteiger partial charge >= 0.3 is 0 Å². The van der Waals surface area contributed by atoms with Gasteiger partial charge in [0.15, 0.2) is 0 Å². The Balaban J connectivity index is 1.67. The van der Waals surface area contributed by atoms with Gasteiger partial charge in [0.2, 0.25) is 5.91 Å². The topological polar surface area (TPSA) is 65.8 Å². The maximum atomic E-state index is 12.2. The average Bonchev–Trinajstić information content (AvgIpc) is 2.62. The van der Waals surface area contributed by atoms with Crippen LogP contribution in [0.3, 0.4) is 0 Å². The zero-order valence-corrected chi connectivity index (χ0v) is 15.5. The Morgan fingerprint density at radius 2 is 2.16 bits per heavy atom. The summed E-state index contributed by atoms with van der Waals surface area (Å²) in [6.45, 7) is 1.91. The predicted octanol–water partition coefficient (Wildman–Crippen LogP) is 4.52. The number of aryl methyl sites for hydroxylation is 3. The number of fused-ring (bicyclic) bond motifs is 1. The van der Waals surface area contributed by atoms with Crippen LogP contribution < -0.4 is 5.32 Å². The lowest BCUT2D eigenvalue weighted by Gasteiger charge is -2.16. The maximum absolute atomic E-state index is 12.2. The molecule has 0 spiro atoms. The van der Waals surface area contributed by atoms with Gasteiger partial charge in [-0.2, -0.15) is 5.26 Å². The number of nitriles is 1. The van der Waals surface area contributed by atoms with E-state index in [9.17, 15) is 10.1 Å². The van der Waals surface area contributed by atoms with Crippen molar-refractivity contribution in [2.45, 2.75) is 37.6 Å². The molecule has 128 valence electrons. The lowest BCUT2D eigenvalue weighted by atomic mass is 9.95. The van der Waals surface area contributed by atoms with Crippen LogP contribution in [0.4, 0.5) is 5.69 Å². The first-order valence-corrected chi connectivity index (χ1v) is 9.55. The van der Waals surface area contributed by atoms with Gasteiger partial charge < -0.3 is 5.32 Å². The van der Waals surface area contributed by atoms with Crippen LogP contribution in [0.25, 0.3) is 0 Å². The Morgan fingerprint density at radius 3 is 2.92 bits per heavy atom. The van der Waals surface area contributed by atoms with E-state index < -0.39 is 0 Å². The van der Waals surface area contributed by atoms with Gasteiger partial charge in [-0.1, -0.05) is 29.4 Å². The number of pyridine rings is 1. The second-order valence-electron chi connectivity index (χ2n) is 6.07. The predicted molar refractivity (Wildman–Crippen MR) is 101 cm³/mol. The quantitative estimate of drug-likeness (QED) is 0.802. The summed E-state index contributed by atoms with van der Waals surface area (Å²) in [4.78, 5) is 16.8. The molecule has 2 aromatic rings. The molecule has 0 radical (unpaired) electrons. The number of carbonyl (C=O) groups excluding carboxylic acids is 1. The molecule has 0 atom stereocenters. The number of amides is 1. The van der Waals surface area contributed by atoms with Crippen molar-refractivity contribution in [3.8, 4) is 6.07 Å². The molecular formula is C19H18ClN3OS. The molecule has 1 amide bonds. The minimum Gasteiger partial charge on any atom is -0.325 e. The van der Waals surface area contributed by atoms with Gasteiger partial charge in [-0.15, -0.1) is 0 Å². The molecule has 1 aromatic heterocycles. The van der Waals surface area contributed by atoms with Gasteiger partial charge in [-0.25, -0.2) is 4.98 Å². The van der Waals surface area contributed by atoms with Crippen LogP contribution in [0.2, 0.25) is 5.02 Å². The van der Waals surface area contributed by atoms with Gasteiger partial charge in [0.1, 0.15) is 11.1 Å². The van der Waals surface area contributed by atoms with E-state index in [2.05, 4.69) is 16.4 Å². The van der Waals surface area contributed by atoms with Gasteiger partial charge in [0, 0.05) is 16.4 Å². The van der Waals surface area contributed by atoms with E-state index in [1.165, 1.54) is 17.3 Å². The Bertz CT molecular complexity index is 860. The third-order valence-corrected chi connectivity index (χ3v) is 5.58. The van der Waals surface area contributed by atoms with Crippen LogP contribution in [0.1, 0.15) is 35.2 Å². The molecule has 4 nitrogen and oxygen atoms in total. The molecule has 0 bridgehead atoms. The number of nitrogens with one attached hydrogen (secondary N) is 1. The van der Waals surface area contributed by atoms with E-state index in [0.717, 1.165) is 36.9 Å². The first-order valence-electron chi connectivity index (χ1n) is 8.18. The number of anilines is 1. The van der Waals surface area contributed by atoms with Crippen molar-refractivity contribution in [1.82, 2.24) is 4.98 Å². The number of halogens is 1. The molecule has 0 saturated carbocycles. The zero-order chi connectivity index (χ0) is 17.8. The summed E-state index contributed by atoms with van der Waals surface area (Å²) in [5.41, 5.74) is 4.42. The van der Waals surface area contributed by atoms with E-state index in [1.807, 2.05) is 25.1 Å². The number of rotatable bonds is 4. The van der Waals surface area contributed by atoms with Crippen LogP contribution in [0.15, 0.2) is 29.3 Å². The van der Waals surface area contributed by atoms with E-state index in [1.54, 1.807) is 6.07 Å². The summed E-state index contributed by atoms with van der Waals surface area (Å²) in [5.74, 6) is 0.0553. The smallest absolute Gasteiger partial charge is 0.234 e. The standard InChI is InChI=1S/C19H18ClN3OS/c1-12-6-7-15(9-16(12)20)22-18(24)11-25-19-14(10-21)8-13-4-2-3-5-17(13)23-19/h6-9H,2-5,11H2,1H3,(H,22,24). The summed E-state index contributed by atoms with van der Waals surface area (Å²) in [6, 6.07) is 9.55. The number of aromatic nitrogens is 1. The highest BCUT2D eigenvalue weighted by molar-refractivity contribution is 8.00. The van der Waals surface area contributed by atoms with Crippen molar-refractivity contribution in [3.05, 3.63) is 51.7 Å². The fourth-order valence-electron chi connectivity index (χ4n) is 2.81. The van der Waals surface area contributed by atoms with Crippen LogP contribution in [0.5, 0.6) is 0 Å². The monoisotopic (exact) mass is 371 g/mol. The number of hydrogen-bond donors (Lipinski definition) is 1. The van der Waals surface area contributed by atoms with Gasteiger partial charge in [-0.05, 0) is 61.9 Å². The summed E-state index contributed by atoms with van der Waals surface area (Å²) < 4.78 is 0. The summed E-state index contributed by atoms with van der Waals surface area (Å²) in [5, 5.41) is 13.4. The second kappa shape index (κ2) is 7.90. The summed E-state index contributed by atoms with van der Waals surface area (Å²) in [7, 11) is 0. The number of hydrogen-bond acceptors (Lipinski definition) is 4. The third-order valence-electron chi connectivity index (χ3n) is 4.18. The molecule has 0 saturated heterocycles. The molecule has 0 aliphatic heterocycles. The van der Waals surface area contributed by atoms with Crippen molar-refractivity contribution in [1.29, 1.82) is 5.26 Å². The van der Waals surface area contributed by atoms with Gasteiger partial charge in [0.05, 0.1) is 11.3 Å². The van der Waals surface area contributed by atoms with Gasteiger partial charge in [-0.3, -0.25) is 4.79 Å². The van der Waals surface area contributed by atoms with Crippen molar-refractivity contribution in [2.75, 3.05) is 11.1 Å². The van der Waals surface area contributed by atoms with Crippen molar-refractivity contribution in [3.63, 3.8) is 0 Å². The number of benzene rings is 1. The largest absolute Gasteiger partial charge is 0.325 e. The number of carbonyl (C=O) groups is 1. The highest BCUT2D eigenvalue weighted by Gasteiger charge is 2.16. The minimum atomic E-state index is -0.145. The second-order valence-corrected chi connectivity index (χ2v) is 7.44. The van der Waals surface area contributed by atoms with Crippen molar-refractivity contribution in [2.24, 2.45) is 0 Å². The highest BCUT2D eigenvalue weighted by Crippen LogP contribution is 2.27. The molecule has 1 N–H and O–H groups in total. The van der Waals surface area contributed by atoms with Crippen molar-refractivity contribution >= 4 is 35.0 Å². The maximum Gasteiger partial charge on any atom is 0.234 e. The molecule has 0 unspecified atom stereocenters. The molecule has 1 aromatic carbocycles. The van der Waals surface area contributed by atoms with Gasteiger partial charge in [0.25, 0.3) is 0 Å². The van der Waals surface area contributed by atoms with Crippen molar-refractivity contribution < 1.29 is 4.79 Å². The van der Waals surface area contributed by atoms with E-state index in [-0.39, 0.29) is 11.7 Å². The lowest BCUT2D eigenvalue weighted by Crippen LogP contribution is -2.15. The summed E-state index contributed by atoms with van der Waals surface area (Å²) in [6.07, 6.45) is 4.21. The fourth-order valence-corrected chi connectivity index (χ4v) is 3.76. The lowest BCUT2D eigenvalue weighted by molar-refractivity contribution is -0.113. The Kier molecular flexibility index (Phi) is 5.62. The first kappa shape index (κ1) is 17.8. The molecule has 3 rings (SSSR count). The fraction of sp³-hybridized carbons (Fsp3) is 0.316. The molecule has 1 aliphatic carbocycles. The molecule has 1 aliphatic rings. The average molecular weight is 372 g/mol. The first-order chi connectivity index (χ1) is 12.1. The molecule has 1 heterocycles. The molecule has 0 fully saturated rings. The van der Waals surface area contributed by atoms with E-state index in [0.29, 0.717) is 21.3 Å². The highest BCUT2D eigenvalue weighted by atomic mass is 35.5. The molecule has 6 heteroatoms. The Morgan fingerprint density at radius 1 is 1.36 bits per heavy atom. The number of thioether (sulfide) groups is 1. The Hall–Kier alpha value is -2.03. The minimum absolute atomic E-state index is 0.145. The van der Waals surface area contributed by atoms with Crippen LogP contribution >= 0.6 is 23.4 Å². The van der Waals surface area contributed by atoms with E-state index in [4.69, 9.17) is 11.6 Å². The van der Waals surface area contributed by atoms with Crippen LogP contribution in [-0.2, 0) is 17.6 Å². The SMILES string of the molecule is Cc1ccc(NC(=O)CSc2nc3c(cc2C#N)CCCC3)cc1Cl. The molecule has 25 heavy (non-hydrogen) atoms. The zero-order valence-electron chi connectivity index (χ0n) is 13.9. The van der Waals surface area contributed by atoms with Crippen LogP contribution in [0, 0.1) is 18.3 Å². The van der Waals surface area contributed by atoms with E-state index >= 15 is 0 Å². The van der Waals surface area contributed by atoms with Crippen LogP contribution in [-0.4, -0.2) is 16.6 Å². The molecular weight excluding hydrogens is 354 g/mol. The third kappa shape index (κ3) is 4.33. The number of nitrogens with zero attached hydrogens (tertiary/aromatic N) is 2. The Labute approximate surface area is 156 Å².